The van der Waals surface area contributed by atoms with Crippen molar-refractivity contribution in [1.29, 1.82) is 0 Å². The number of hydrogen-bond acceptors (Lipinski definition) is 5. The van der Waals surface area contributed by atoms with Gasteiger partial charge in [-0.05, 0) is 85.8 Å². The lowest BCUT2D eigenvalue weighted by molar-refractivity contribution is -0.132. The third kappa shape index (κ3) is 4.76. The first-order chi connectivity index (χ1) is 13.8. The second-order valence-electron chi connectivity index (χ2n) is 9.50. The van der Waals surface area contributed by atoms with E-state index in [0.717, 1.165) is 12.8 Å². The number of allylic oxidation sites excluding steroid dienone is 4. The summed E-state index contributed by atoms with van der Waals surface area (Å²) < 4.78 is 15.6. The van der Waals surface area contributed by atoms with E-state index in [2.05, 4.69) is 32.9 Å². The first kappa shape index (κ1) is 21.7. The summed E-state index contributed by atoms with van der Waals surface area (Å²) in [6.45, 7) is 9.66. The Morgan fingerprint density at radius 1 is 1.28 bits per heavy atom. The van der Waals surface area contributed by atoms with Crippen LogP contribution in [-0.4, -0.2) is 25.3 Å². The molecule has 1 fully saturated rings. The number of carbonyl (C=O) groups excluding carboxylic acids is 2. The van der Waals surface area contributed by atoms with Gasteiger partial charge >= 0.3 is 6.16 Å². The lowest BCUT2D eigenvalue weighted by Gasteiger charge is -2.53. The fourth-order valence-corrected chi connectivity index (χ4v) is 5.30. The minimum absolute atomic E-state index is 0.132. The number of rotatable bonds is 4. The van der Waals surface area contributed by atoms with E-state index in [1.54, 1.807) is 6.92 Å². The summed E-state index contributed by atoms with van der Waals surface area (Å²) in [5.41, 5.74) is 0.521. The summed E-state index contributed by atoms with van der Waals surface area (Å²) >= 11 is 0. The Bertz CT molecular complexity index is 704. The first-order valence-corrected chi connectivity index (χ1v) is 10.8. The van der Waals surface area contributed by atoms with Crippen LogP contribution >= 0.6 is 0 Å². The normalized spacial score (nSPS) is 36.8. The molecule has 1 spiro atoms. The molecule has 0 aliphatic heterocycles. The summed E-state index contributed by atoms with van der Waals surface area (Å²) in [6, 6.07) is 0. The number of hydrogen-bond donors (Lipinski definition) is 0. The van der Waals surface area contributed by atoms with Crippen LogP contribution in [-0.2, 0) is 19.0 Å². The molecule has 3 rings (SSSR count). The van der Waals surface area contributed by atoms with Crippen LogP contribution in [0.25, 0.3) is 0 Å². The van der Waals surface area contributed by atoms with Crippen LogP contribution in [0.5, 0.6) is 0 Å². The van der Waals surface area contributed by atoms with Gasteiger partial charge in [0, 0.05) is 0 Å². The van der Waals surface area contributed by atoms with Crippen molar-refractivity contribution in [3.63, 3.8) is 0 Å². The molecule has 0 saturated heterocycles. The number of fused-ring (bicyclic) bond motifs is 2. The van der Waals surface area contributed by atoms with Gasteiger partial charge in [0.05, 0.1) is 6.61 Å². The maximum absolute atomic E-state index is 11.8. The Hall–Kier alpha value is -2.04. The minimum atomic E-state index is -0.684. The van der Waals surface area contributed by atoms with Gasteiger partial charge in [0.1, 0.15) is 11.9 Å². The fourth-order valence-electron chi connectivity index (χ4n) is 5.30. The molecule has 0 aromatic heterocycles. The highest BCUT2D eigenvalue weighted by Crippen LogP contribution is 2.57. The summed E-state index contributed by atoms with van der Waals surface area (Å²) in [4.78, 5) is 22.7. The zero-order valence-corrected chi connectivity index (χ0v) is 18.1. The highest BCUT2D eigenvalue weighted by Gasteiger charge is 2.49. The molecule has 29 heavy (non-hydrogen) atoms. The predicted molar refractivity (Wildman–Crippen MR) is 111 cm³/mol. The maximum Gasteiger partial charge on any atom is 0.513 e. The zero-order valence-electron chi connectivity index (χ0n) is 18.1. The Labute approximate surface area is 174 Å². The smallest absolute Gasteiger partial charge is 0.460 e. The van der Waals surface area contributed by atoms with E-state index in [-0.39, 0.29) is 24.0 Å². The molecule has 0 amide bonds. The van der Waals surface area contributed by atoms with Crippen LogP contribution in [0.4, 0.5) is 4.79 Å². The van der Waals surface area contributed by atoms with Crippen LogP contribution < -0.4 is 0 Å². The molecule has 1 saturated carbocycles. The molecule has 0 heterocycles. The van der Waals surface area contributed by atoms with E-state index in [0.29, 0.717) is 35.9 Å². The molecule has 0 N–H and O–H groups in total. The first-order valence-electron chi connectivity index (χ1n) is 10.8. The lowest BCUT2D eigenvalue weighted by atomic mass is 9.52. The van der Waals surface area contributed by atoms with E-state index >= 15 is 0 Å². The van der Waals surface area contributed by atoms with Gasteiger partial charge in [0.25, 0.3) is 6.47 Å². The minimum Gasteiger partial charge on any atom is -0.460 e. The van der Waals surface area contributed by atoms with Gasteiger partial charge in [0.15, 0.2) is 0 Å². The van der Waals surface area contributed by atoms with Crippen LogP contribution in [0, 0.1) is 28.6 Å². The third-order valence-electron chi connectivity index (χ3n) is 7.40. The van der Waals surface area contributed by atoms with Crippen molar-refractivity contribution in [2.24, 2.45) is 28.6 Å². The molecule has 0 aromatic carbocycles. The van der Waals surface area contributed by atoms with Gasteiger partial charge in [-0.2, -0.15) is 0 Å². The standard InChI is InChI=1S/C24H34O5/c1-5-27-22(26)29-20-8-9-21-18(14-20)13-19(28-16-25)7-6-10-24(21)12-11-23(3,4)17(2)15-24/h6-9,14,16-19,21H,5,10-13,15H2,1-4H3/b7-6-/t17?,18?,19-,21+,24?/m1/s1. The van der Waals surface area contributed by atoms with Crippen LogP contribution in [0.3, 0.4) is 0 Å². The van der Waals surface area contributed by atoms with Gasteiger partial charge in [-0.1, -0.05) is 32.9 Å². The van der Waals surface area contributed by atoms with Crippen molar-refractivity contribution in [3.05, 3.63) is 36.1 Å². The molecule has 0 radical (unpaired) electrons. The molecule has 3 unspecified atom stereocenters. The monoisotopic (exact) mass is 402 g/mol. The van der Waals surface area contributed by atoms with Crippen LogP contribution in [0.2, 0.25) is 0 Å². The van der Waals surface area contributed by atoms with Gasteiger partial charge in [-0.15, -0.1) is 0 Å². The SMILES string of the molecule is CCOC(=O)OC1=CC2C[C@H](OC=O)/C=C\CC3(CCC(C)(C)C(C)C3)[C@H]2C=C1. The van der Waals surface area contributed by atoms with Crippen molar-refractivity contribution in [1.82, 2.24) is 0 Å². The molecular formula is C24H34O5. The average Bonchev–Trinajstić information content (AvgIpc) is 2.64. The molecule has 5 heteroatoms. The van der Waals surface area contributed by atoms with Crippen molar-refractivity contribution in [2.45, 2.75) is 65.9 Å². The van der Waals surface area contributed by atoms with E-state index < -0.39 is 6.16 Å². The fraction of sp³-hybridized carbons (Fsp3) is 0.667. The lowest BCUT2D eigenvalue weighted by Crippen LogP contribution is -2.44. The summed E-state index contributed by atoms with van der Waals surface area (Å²) in [5.74, 6) is 1.59. The van der Waals surface area contributed by atoms with Gasteiger partial charge < -0.3 is 14.2 Å². The predicted octanol–water partition coefficient (Wildman–Crippen LogP) is 5.57. The van der Waals surface area contributed by atoms with Gasteiger partial charge in [-0.25, -0.2) is 4.79 Å². The Balaban J connectivity index is 1.89. The van der Waals surface area contributed by atoms with Gasteiger partial charge in [0.2, 0.25) is 0 Å². The second-order valence-corrected chi connectivity index (χ2v) is 9.50. The molecular weight excluding hydrogens is 368 g/mol. The van der Waals surface area contributed by atoms with Crippen molar-refractivity contribution in [3.8, 4) is 0 Å². The van der Waals surface area contributed by atoms with E-state index in [1.165, 1.54) is 12.8 Å². The Morgan fingerprint density at radius 3 is 2.76 bits per heavy atom. The van der Waals surface area contributed by atoms with Gasteiger partial charge in [-0.3, -0.25) is 4.79 Å². The van der Waals surface area contributed by atoms with E-state index in [9.17, 15) is 9.59 Å². The Morgan fingerprint density at radius 2 is 2.07 bits per heavy atom. The summed E-state index contributed by atoms with van der Waals surface area (Å²) in [6.07, 6.45) is 14.6. The van der Waals surface area contributed by atoms with E-state index in [1.807, 2.05) is 18.2 Å². The van der Waals surface area contributed by atoms with Crippen molar-refractivity contribution < 1.29 is 23.8 Å². The van der Waals surface area contributed by atoms with Crippen molar-refractivity contribution >= 4 is 12.6 Å². The topological polar surface area (TPSA) is 61.8 Å². The summed E-state index contributed by atoms with van der Waals surface area (Å²) in [7, 11) is 0. The molecule has 160 valence electrons. The highest BCUT2D eigenvalue weighted by molar-refractivity contribution is 5.62. The third-order valence-corrected chi connectivity index (χ3v) is 7.40. The van der Waals surface area contributed by atoms with E-state index in [4.69, 9.17) is 14.2 Å². The summed E-state index contributed by atoms with van der Waals surface area (Å²) in [5, 5.41) is 0. The largest absolute Gasteiger partial charge is 0.513 e. The number of carbonyl (C=O) groups is 2. The zero-order chi connectivity index (χ0) is 21.1. The number of ether oxygens (including phenoxy) is 3. The second kappa shape index (κ2) is 8.76. The van der Waals surface area contributed by atoms with Crippen LogP contribution in [0.1, 0.15) is 59.8 Å². The maximum atomic E-state index is 11.8. The van der Waals surface area contributed by atoms with Crippen molar-refractivity contribution in [2.75, 3.05) is 6.61 Å². The molecule has 3 aliphatic rings. The molecule has 5 nitrogen and oxygen atoms in total. The molecule has 0 aromatic rings. The Kier molecular flexibility index (Phi) is 6.55. The molecule has 0 bridgehead atoms. The quantitative estimate of drug-likeness (QED) is 0.349. The molecule has 3 aliphatic carbocycles. The average molecular weight is 403 g/mol. The molecule has 5 atom stereocenters. The highest BCUT2D eigenvalue weighted by atomic mass is 16.7. The van der Waals surface area contributed by atoms with Crippen LogP contribution in [0.15, 0.2) is 36.1 Å².